The molecule has 2 rings (SSSR count). The predicted octanol–water partition coefficient (Wildman–Crippen LogP) is 4.77. The van der Waals surface area contributed by atoms with E-state index in [1.165, 1.54) is 5.56 Å². The fourth-order valence-corrected chi connectivity index (χ4v) is 2.71. The number of hydrogen-bond donors (Lipinski definition) is 1. The maximum absolute atomic E-state index is 9.16. The van der Waals surface area contributed by atoms with Gasteiger partial charge in [-0.2, -0.15) is 10.4 Å². The molecule has 0 saturated carbocycles. The molecule has 0 amide bonds. The Balaban J connectivity index is 1.97. The SMILES string of the molecule is Cc1cc(CCNCC[N+](C)(C)C)ccc1N=Nc1cc(Cl)ccc1C#N. The number of benzene rings is 2. The molecule has 0 atom stereocenters. The van der Waals surface area contributed by atoms with E-state index in [9.17, 15) is 0 Å². The number of azo groups is 1. The van der Waals surface area contributed by atoms with E-state index in [1.807, 2.05) is 13.0 Å². The van der Waals surface area contributed by atoms with Gasteiger partial charge in [0.25, 0.3) is 0 Å². The third-order valence-electron chi connectivity index (χ3n) is 4.16. The number of likely N-dealkylation sites (N-methyl/N-ethyl adjacent to an activating group) is 1. The van der Waals surface area contributed by atoms with Crippen LogP contribution in [0.15, 0.2) is 46.6 Å². The second-order valence-electron chi connectivity index (χ2n) is 7.61. The first-order valence-corrected chi connectivity index (χ1v) is 9.38. The number of nitrogens with zero attached hydrogens (tertiary/aromatic N) is 4. The van der Waals surface area contributed by atoms with Crippen molar-refractivity contribution < 1.29 is 4.48 Å². The van der Waals surface area contributed by atoms with Crippen LogP contribution in [0.1, 0.15) is 16.7 Å². The van der Waals surface area contributed by atoms with Crippen LogP contribution in [-0.4, -0.2) is 45.3 Å². The van der Waals surface area contributed by atoms with Gasteiger partial charge in [-0.3, -0.25) is 0 Å². The van der Waals surface area contributed by atoms with E-state index in [0.29, 0.717) is 16.3 Å². The molecule has 0 spiro atoms. The summed E-state index contributed by atoms with van der Waals surface area (Å²) in [6, 6.07) is 13.3. The van der Waals surface area contributed by atoms with Gasteiger partial charge in [0.2, 0.25) is 0 Å². The van der Waals surface area contributed by atoms with E-state index in [1.54, 1.807) is 18.2 Å². The number of nitrogens with one attached hydrogen (secondary N) is 1. The van der Waals surface area contributed by atoms with Crippen LogP contribution in [0.5, 0.6) is 0 Å². The maximum Gasteiger partial charge on any atom is 0.105 e. The number of aryl methyl sites for hydroxylation is 1. The zero-order valence-corrected chi connectivity index (χ0v) is 17.2. The number of halogens is 1. The van der Waals surface area contributed by atoms with Gasteiger partial charge < -0.3 is 9.80 Å². The molecule has 0 saturated heterocycles. The van der Waals surface area contributed by atoms with Gasteiger partial charge >= 0.3 is 0 Å². The molecule has 27 heavy (non-hydrogen) atoms. The minimum atomic E-state index is 0.456. The van der Waals surface area contributed by atoms with Crippen LogP contribution < -0.4 is 5.32 Å². The number of hydrogen-bond acceptors (Lipinski definition) is 4. The topological polar surface area (TPSA) is 60.5 Å². The summed E-state index contributed by atoms with van der Waals surface area (Å²) in [7, 11) is 6.59. The third kappa shape index (κ3) is 7.10. The van der Waals surface area contributed by atoms with E-state index in [2.05, 4.69) is 54.9 Å². The Morgan fingerprint density at radius 3 is 2.44 bits per heavy atom. The molecule has 0 aliphatic rings. The summed E-state index contributed by atoms with van der Waals surface area (Å²) in [6.07, 6.45) is 0.974. The standard InChI is InChI=1S/C21H27ClN5/c1-16-13-17(9-10-24-11-12-27(2,3)4)5-8-20(16)25-26-21-14-19(22)7-6-18(21)15-23/h5-8,13-14,24H,9-12H2,1-4H3/q+1. The van der Waals surface area contributed by atoms with Gasteiger partial charge in [-0.15, -0.1) is 5.11 Å². The van der Waals surface area contributed by atoms with Crippen LogP contribution in [0, 0.1) is 18.3 Å². The monoisotopic (exact) mass is 384 g/mol. The highest BCUT2D eigenvalue weighted by molar-refractivity contribution is 6.30. The van der Waals surface area contributed by atoms with E-state index >= 15 is 0 Å². The first kappa shape index (κ1) is 21.0. The summed E-state index contributed by atoms with van der Waals surface area (Å²) >= 11 is 5.99. The quantitative estimate of drug-likeness (QED) is 0.404. The van der Waals surface area contributed by atoms with Gasteiger partial charge in [0, 0.05) is 11.6 Å². The molecule has 2 aromatic rings. The lowest BCUT2D eigenvalue weighted by molar-refractivity contribution is -0.869. The van der Waals surface area contributed by atoms with Crippen LogP contribution in [0.4, 0.5) is 11.4 Å². The fraction of sp³-hybridized carbons (Fsp3) is 0.381. The van der Waals surface area contributed by atoms with Crippen molar-refractivity contribution in [1.82, 2.24) is 5.32 Å². The molecule has 6 heteroatoms. The van der Waals surface area contributed by atoms with Gasteiger partial charge in [-0.05, 0) is 55.3 Å². The molecule has 0 unspecified atom stereocenters. The molecule has 0 heterocycles. The zero-order valence-electron chi connectivity index (χ0n) is 16.5. The molecule has 5 nitrogen and oxygen atoms in total. The fourth-order valence-electron chi connectivity index (χ4n) is 2.55. The van der Waals surface area contributed by atoms with Crippen molar-refractivity contribution >= 4 is 23.0 Å². The van der Waals surface area contributed by atoms with E-state index in [0.717, 1.165) is 41.8 Å². The van der Waals surface area contributed by atoms with Crippen molar-refractivity contribution in [3.63, 3.8) is 0 Å². The van der Waals surface area contributed by atoms with E-state index in [-0.39, 0.29) is 0 Å². The minimum Gasteiger partial charge on any atom is -0.330 e. The van der Waals surface area contributed by atoms with Gasteiger partial charge in [-0.1, -0.05) is 23.7 Å². The Bertz CT molecular complexity index is 847. The van der Waals surface area contributed by atoms with Crippen LogP contribution in [0.2, 0.25) is 5.02 Å². The van der Waals surface area contributed by atoms with Gasteiger partial charge in [0.15, 0.2) is 0 Å². The molecule has 0 aliphatic carbocycles. The number of quaternary nitrogens is 1. The molecular formula is C21H27ClN5+. The highest BCUT2D eigenvalue weighted by Crippen LogP contribution is 2.27. The second kappa shape index (κ2) is 9.61. The van der Waals surface area contributed by atoms with Crippen molar-refractivity contribution in [2.75, 3.05) is 40.8 Å². The normalized spacial score (nSPS) is 11.7. The summed E-state index contributed by atoms with van der Waals surface area (Å²) in [5, 5.41) is 21.7. The van der Waals surface area contributed by atoms with Gasteiger partial charge in [-0.25, -0.2) is 0 Å². The van der Waals surface area contributed by atoms with E-state index in [4.69, 9.17) is 16.9 Å². The highest BCUT2D eigenvalue weighted by Gasteiger charge is 2.06. The van der Waals surface area contributed by atoms with Crippen molar-refractivity contribution in [1.29, 1.82) is 5.26 Å². The lowest BCUT2D eigenvalue weighted by Crippen LogP contribution is -2.40. The van der Waals surface area contributed by atoms with Crippen LogP contribution in [0.25, 0.3) is 0 Å². The Morgan fingerprint density at radius 1 is 1.04 bits per heavy atom. The lowest BCUT2D eigenvalue weighted by Gasteiger charge is -2.23. The summed E-state index contributed by atoms with van der Waals surface area (Å²) in [5.41, 5.74) is 4.06. The predicted molar refractivity (Wildman–Crippen MR) is 111 cm³/mol. The van der Waals surface area contributed by atoms with Crippen molar-refractivity contribution in [3.8, 4) is 6.07 Å². The average Bonchev–Trinajstić information content (AvgIpc) is 2.60. The molecule has 0 bridgehead atoms. The smallest absolute Gasteiger partial charge is 0.105 e. The summed E-state index contributed by atoms with van der Waals surface area (Å²) in [4.78, 5) is 0. The van der Waals surface area contributed by atoms with E-state index < -0.39 is 0 Å². The highest BCUT2D eigenvalue weighted by atomic mass is 35.5. The first-order valence-electron chi connectivity index (χ1n) is 9.00. The summed E-state index contributed by atoms with van der Waals surface area (Å²) in [6.45, 7) is 5.09. The Morgan fingerprint density at radius 2 is 1.78 bits per heavy atom. The first-order chi connectivity index (χ1) is 12.8. The summed E-state index contributed by atoms with van der Waals surface area (Å²) in [5.74, 6) is 0. The Hall–Kier alpha value is -2.26. The van der Waals surface area contributed by atoms with Crippen molar-refractivity contribution in [3.05, 3.63) is 58.1 Å². The zero-order chi connectivity index (χ0) is 19.9. The number of nitriles is 1. The summed E-state index contributed by atoms with van der Waals surface area (Å²) < 4.78 is 0.964. The molecule has 2 aromatic carbocycles. The maximum atomic E-state index is 9.16. The molecule has 0 aromatic heterocycles. The molecule has 0 fully saturated rings. The van der Waals surface area contributed by atoms with Crippen molar-refractivity contribution in [2.24, 2.45) is 10.2 Å². The second-order valence-corrected chi connectivity index (χ2v) is 8.04. The molecule has 0 aliphatic heterocycles. The average molecular weight is 385 g/mol. The number of rotatable bonds is 8. The van der Waals surface area contributed by atoms with Gasteiger partial charge in [0.1, 0.15) is 11.8 Å². The Labute approximate surface area is 166 Å². The van der Waals surface area contributed by atoms with Gasteiger partial charge in [0.05, 0.1) is 38.9 Å². The molecule has 1 N–H and O–H groups in total. The third-order valence-corrected chi connectivity index (χ3v) is 4.39. The molecule has 142 valence electrons. The van der Waals surface area contributed by atoms with Crippen LogP contribution in [0.3, 0.4) is 0 Å². The Kier molecular flexibility index (Phi) is 7.49. The van der Waals surface area contributed by atoms with Crippen LogP contribution in [-0.2, 0) is 6.42 Å². The molecule has 0 radical (unpaired) electrons. The molecular weight excluding hydrogens is 358 g/mol. The largest absolute Gasteiger partial charge is 0.330 e. The van der Waals surface area contributed by atoms with Crippen LogP contribution >= 0.6 is 11.6 Å². The minimum absolute atomic E-state index is 0.456. The van der Waals surface area contributed by atoms with Crippen molar-refractivity contribution in [2.45, 2.75) is 13.3 Å². The lowest BCUT2D eigenvalue weighted by atomic mass is 10.1.